The lowest BCUT2D eigenvalue weighted by Crippen LogP contribution is -2.29. The first-order valence-corrected chi connectivity index (χ1v) is 16.9. The van der Waals surface area contributed by atoms with E-state index in [2.05, 4.69) is 90.3 Å². The standard InChI is InChI=1S/C18H11BrO.C12H9BO2S.C6H4Br2/c19-13-6-3-5-12(11-13)14-8-4-9-16-15-7-1-2-10-17(15)20-18(14)16;14-13(15)10-6-3-5-9-8-4-1-2-7-11(8)16-12(9)10;7-5-2-1-3-6(8)4-5/h1-11H;1-7,14-15H;1-4H. The van der Waals surface area contributed by atoms with Crippen LogP contribution >= 0.6 is 59.1 Å². The van der Waals surface area contributed by atoms with E-state index < -0.39 is 7.12 Å². The average molecular weight is 787 g/mol. The van der Waals surface area contributed by atoms with Gasteiger partial charge < -0.3 is 14.5 Å². The van der Waals surface area contributed by atoms with Crippen LogP contribution in [-0.4, -0.2) is 17.2 Å². The van der Waals surface area contributed by atoms with E-state index in [0.717, 1.165) is 51.2 Å². The normalized spacial score (nSPS) is 10.8. The number of para-hydroxylation sites is 2. The fourth-order valence-electron chi connectivity index (χ4n) is 5.06. The van der Waals surface area contributed by atoms with Gasteiger partial charge in [-0.15, -0.1) is 11.3 Å². The molecule has 0 aliphatic rings. The maximum atomic E-state index is 9.31. The Morgan fingerprint density at radius 1 is 0.545 bits per heavy atom. The first kappa shape index (κ1) is 30.8. The number of benzene rings is 6. The molecule has 2 aromatic heterocycles. The van der Waals surface area contributed by atoms with Gasteiger partial charge in [-0.2, -0.15) is 0 Å². The van der Waals surface area contributed by atoms with Crippen molar-refractivity contribution in [2.75, 3.05) is 0 Å². The third-order valence-corrected chi connectivity index (χ3v) is 9.75. The summed E-state index contributed by atoms with van der Waals surface area (Å²) >= 11 is 11.8. The van der Waals surface area contributed by atoms with Gasteiger partial charge in [0, 0.05) is 44.5 Å². The molecular weight excluding hydrogens is 763 g/mol. The summed E-state index contributed by atoms with van der Waals surface area (Å²) in [5.41, 5.74) is 4.75. The van der Waals surface area contributed by atoms with Gasteiger partial charge in [0.15, 0.2) is 0 Å². The van der Waals surface area contributed by atoms with Crippen molar-refractivity contribution in [1.29, 1.82) is 0 Å². The zero-order valence-electron chi connectivity index (χ0n) is 23.1. The van der Waals surface area contributed by atoms with Crippen molar-refractivity contribution >= 4 is 114 Å². The molecule has 2 heterocycles. The summed E-state index contributed by atoms with van der Waals surface area (Å²) in [6.07, 6.45) is 0. The van der Waals surface area contributed by atoms with Gasteiger partial charge in [0.05, 0.1) is 0 Å². The molecule has 0 bridgehead atoms. The molecule has 0 aliphatic carbocycles. The minimum Gasteiger partial charge on any atom is -0.455 e. The summed E-state index contributed by atoms with van der Waals surface area (Å²) in [7, 11) is -1.41. The first-order valence-electron chi connectivity index (χ1n) is 13.7. The molecule has 0 fully saturated rings. The summed E-state index contributed by atoms with van der Waals surface area (Å²) in [5.74, 6) is 0. The van der Waals surface area contributed by atoms with Crippen molar-refractivity contribution in [3.63, 3.8) is 0 Å². The molecule has 0 spiro atoms. The Hall–Kier alpha value is -3.24. The lowest BCUT2D eigenvalue weighted by atomic mass is 9.80. The third kappa shape index (κ3) is 6.71. The smallest absolute Gasteiger partial charge is 0.455 e. The highest BCUT2D eigenvalue weighted by Gasteiger charge is 2.17. The van der Waals surface area contributed by atoms with Gasteiger partial charge >= 0.3 is 7.12 Å². The summed E-state index contributed by atoms with van der Waals surface area (Å²) in [5, 5.41) is 23.2. The highest BCUT2D eigenvalue weighted by atomic mass is 79.9. The van der Waals surface area contributed by atoms with E-state index in [1.165, 1.54) is 15.5 Å². The molecule has 8 aromatic rings. The van der Waals surface area contributed by atoms with Crippen molar-refractivity contribution in [3.05, 3.63) is 147 Å². The van der Waals surface area contributed by atoms with Gasteiger partial charge in [0.2, 0.25) is 0 Å². The minimum absolute atomic E-state index is 0.582. The SMILES string of the molecule is Brc1cccc(-c2cccc3c2oc2ccccc23)c1.Brc1cccc(Br)c1.OB(O)c1cccc2c1sc1ccccc12. The topological polar surface area (TPSA) is 53.6 Å². The van der Waals surface area contributed by atoms with Gasteiger partial charge in [-0.05, 0) is 58.9 Å². The Balaban J connectivity index is 0.000000128. The van der Waals surface area contributed by atoms with Crippen LogP contribution in [0, 0.1) is 0 Å². The molecule has 0 amide bonds. The lowest BCUT2D eigenvalue weighted by molar-refractivity contribution is 0.426. The summed E-state index contributed by atoms with van der Waals surface area (Å²) < 4.78 is 11.5. The molecule has 6 aromatic carbocycles. The molecule has 44 heavy (non-hydrogen) atoms. The number of rotatable bonds is 2. The second kappa shape index (κ2) is 13.8. The van der Waals surface area contributed by atoms with Crippen LogP contribution in [0.3, 0.4) is 0 Å². The average Bonchev–Trinajstić information content (AvgIpc) is 3.60. The maximum Gasteiger partial charge on any atom is 0.489 e. The molecule has 0 saturated carbocycles. The molecule has 0 atom stereocenters. The summed E-state index contributed by atoms with van der Waals surface area (Å²) in [6, 6.07) is 44.4. The predicted molar refractivity (Wildman–Crippen MR) is 198 cm³/mol. The van der Waals surface area contributed by atoms with E-state index in [1.807, 2.05) is 84.9 Å². The minimum atomic E-state index is -1.41. The van der Waals surface area contributed by atoms with Crippen LogP contribution in [0.25, 0.3) is 53.2 Å². The van der Waals surface area contributed by atoms with Gasteiger partial charge in [-0.3, -0.25) is 0 Å². The van der Waals surface area contributed by atoms with Crippen LogP contribution in [0.15, 0.2) is 151 Å². The number of thiophene rings is 1. The molecule has 0 unspecified atom stereocenters. The first-order chi connectivity index (χ1) is 21.4. The van der Waals surface area contributed by atoms with Crippen LogP contribution in [0.1, 0.15) is 0 Å². The van der Waals surface area contributed by atoms with Gasteiger partial charge in [0.1, 0.15) is 11.2 Å². The van der Waals surface area contributed by atoms with E-state index in [0.29, 0.717) is 5.46 Å². The van der Waals surface area contributed by atoms with E-state index in [9.17, 15) is 10.0 Å². The van der Waals surface area contributed by atoms with E-state index in [4.69, 9.17) is 4.42 Å². The van der Waals surface area contributed by atoms with E-state index >= 15 is 0 Å². The van der Waals surface area contributed by atoms with Gasteiger partial charge in [-0.1, -0.05) is 139 Å². The molecule has 8 heteroatoms. The van der Waals surface area contributed by atoms with Crippen molar-refractivity contribution in [2.45, 2.75) is 0 Å². The van der Waals surface area contributed by atoms with Crippen LogP contribution in [0.4, 0.5) is 0 Å². The molecule has 0 aliphatic heterocycles. The molecular formula is C36H24BBr3O3S. The molecule has 216 valence electrons. The molecule has 3 nitrogen and oxygen atoms in total. The summed E-state index contributed by atoms with van der Waals surface area (Å²) in [4.78, 5) is 0. The second-order valence-electron chi connectivity index (χ2n) is 9.93. The zero-order chi connectivity index (χ0) is 30.6. The van der Waals surface area contributed by atoms with Crippen molar-refractivity contribution < 1.29 is 14.5 Å². The van der Waals surface area contributed by atoms with Gasteiger partial charge in [0.25, 0.3) is 0 Å². The fraction of sp³-hybridized carbons (Fsp3) is 0. The predicted octanol–water partition coefficient (Wildman–Crippen LogP) is 11.0. The second-order valence-corrected chi connectivity index (χ2v) is 13.7. The number of fused-ring (bicyclic) bond motifs is 6. The van der Waals surface area contributed by atoms with Crippen LogP contribution < -0.4 is 5.46 Å². The van der Waals surface area contributed by atoms with Crippen LogP contribution in [-0.2, 0) is 0 Å². The summed E-state index contributed by atoms with van der Waals surface area (Å²) in [6.45, 7) is 0. The van der Waals surface area contributed by atoms with Gasteiger partial charge in [-0.25, -0.2) is 0 Å². The molecule has 2 N–H and O–H groups in total. The zero-order valence-corrected chi connectivity index (χ0v) is 28.7. The Bertz CT molecular complexity index is 2210. The molecule has 0 saturated heterocycles. The lowest BCUT2D eigenvalue weighted by Gasteiger charge is -2.03. The van der Waals surface area contributed by atoms with Crippen molar-refractivity contribution in [1.82, 2.24) is 0 Å². The maximum absolute atomic E-state index is 9.31. The third-order valence-electron chi connectivity index (χ3n) is 7.04. The monoisotopic (exact) mass is 784 g/mol. The Morgan fingerprint density at radius 2 is 1.14 bits per heavy atom. The van der Waals surface area contributed by atoms with Crippen LogP contribution in [0.5, 0.6) is 0 Å². The Morgan fingerprint density at radius 3 is 1.84 bits per heavy atom. The number of hydrogen-bond donors (Lipinski definition) is 2. The fourth-order valence-corrected chi connectivity index (χ4v) is 7.80. The Kier molecular flexibility index (Phi) is 9.66. The van der Waals surface area contributed by atoms with E-state index in [1.54, 1.807) is 17.4 Å². The molecule has 8 rings (SSSR count). The highest BCUT2D eigenvalue weighted by molar-refractivity contribution is 9.11. The number of halogens is 3. The number of hydrogen-bond acceptors (Lipinski definition) is 4. The number of furan rings is 1. The van der Waals surface area contributed by atoms with Crippen molar-refractivity contribution in [2.24, 2.45) is 0 Å². The Labute approximate surface area is 284 Å². The highest BCUT2D eigenvalue weighted by Crippen LogP contribution is 2.36. The van der Waals surface area contributed by atoms with Crippen molar-refractivity contribution in [3.8, 4) is 11.1 Å². The molecule has 0 radical (unpaired) electrons. The quantitative estimate of drug-likeness (QED) is 0.172. The van der Waals surface area contributed by atoms with Crippen LogP contribution in [0.2, 0.25) is 0 Å². The van der Waals surface area contributed by atoms with E-state index in [-0.39, 0.29) is 0 Å². The largest absolute Gasteiger partial charge is 0.489 e.